The maximum absolute atomic E-state index is 12.1. The number of fused-ring (bicyclic) bond motifs is 1. The van der Waals surface area contributed by atoms with Crippen molar-refractivity contribution in [3.05, 3.63) is 23.8 Å². The highest BCUT2D eigenvalue weighted by molar-refractivity contribution is 5.76. The van der Waals surface area contributed by atoms with E-state index in [1.807, 2.05) is 12.1 Å². The molecule has 1 N–H and O–H groups in total. The second-order valence-corrected chi connectivity index (χ2v) is 6.68. The van der Waals surface area contributed by atoms with E-state index in [1.165, 1.54) is 0 Å². The zero-order valence-corrected chi connectivity index (χ0v) is 14.4. The summed E-state index contributed by atoms with van der Waals surface area (Å²) in [7, 11) is 0. The Kier molecular flexibility index (Phi) is 5.58. The van der Waals surface area contributed by atoms with Crippen LogP contribution in [0.1, 0.15) is 31.9 Å². The van der Waals surface area contributed by atoms with Gasteiger partial charge in [-0.15, -0.1) is 0 Å². The van der Waals surface area contributed by atoms with Crippen LogP contribution in [0.25, 0.3) is 0 Å². The van der Waals surface area contributed by atoms with Crippen LogP contribution in [-0.4, -0.2) is 50.4 Å². The monoisotopic (exact) mass is 334 g/mol. The predicted octanol–water partition coefficient (Wildman–Crippen LogP) is 1.95. The van der Waals surface area contributed by atoms with E-state index in [0.29, 0.717) is 18.9 Å². The first-order chi connectivity index (χ1) is 11.6. The summed E-state index contributed by atoms with van der Waals surface area (Å²) in [5.41, 5.74) is 1.13. The number of hydrogen-bond donors (Lipinski definition) is 1. The lowest BCUT2D eigenvalue weighted by molar-refractivity contribution is -0.122. The first kappa shape index (κ1) is 17.0. The van der Waals surface area contributed by atoms with Crippen molar-refractivity contribution in [1.82, 2.24) is 10.2 Å². The van der Waals surface area contributed by atoms with Crippen LogP contribution in [0.15, 0.2) is 18.2 Å². The van der Waals surface area contributed by atoms with Gasteiger partial charge in [-0.05, 0) is 23.6 Å². The van der Waals surface area contributed by atoms with Gasteiger partial charge in [0.2, 0.25) is 12.7 Å². The van der Waals surface area contributed by atoms with Crippen LogP contribution in [0.5, 0.6) is 11.5 Å². The van der Waals surface area contributed by atoms with Crippen molar-refractivity contribution in [3.8, 4) is 11.5 Å². The second kappa shape index (κ2) is 7.85. The Labute approximate surface area is 143 Å². The average molecular weight is 334 g/mol. The molecule has 6 nitrogen and oxygen atoms in total. The molecule has 1 aromatic carbocycles. The first-order valence-corrected chi connectivity index (χ1v) is 8.61. The predicted molar refractivity (Wildman–Crippen MR) is 90.2 cm³/mol. The molecule has 6 heteroatoms. The molecule has 1 atom stereocenters. The Morgan fingerprint density at radius 2 is 1.96 bits per heavy atom. The Balaban J connectivity index is 1.73. The lowest BCUT2D eigenvalue weighted by atomic mass is 10.0. The minimum atomic E-state index is 0.101. The average Bonchev–Trinajstić information content (AvgIpc) is 3.03. The quantitative estimate of drug-likeness (QED) is 0.862. The Morgan fingerprint density at radius 1 is 1.21 bits per heavy atom. The van der Waals surface area contributed by atoms with Crippen LogP contribution >= 0.6 is 0 Å². The van der Waals surface area contributed by atoms with Crippen molar-refractivity contribution in [1.29, 1.82) is 0 Å². The number of hydrogen-bond acceptors (Lipinski definition) is 5. The third kappa shape index (κ3) is 4.19. The largest absolute Gasteiger partial charge is 0.454 e. The smallest absolute Gasteiger partial charge is 0.231 e. The molecule has 132 valence electrons. The van der Waals surface area contributed by atoms with Gasteiger partial charge in [-0.25, -0.2) is 0 Å². The highest BCUT2D eigenvalue weighted by Crippen LogP contribution is 2.35. The van der Waals surface area contributed by atoms with Crippen LogP contribution < -0.4 is 14.8 Å². The first-order valence-electron chi connectivity index (χ1n) is 8.61. The fourth-order valence-electron chi connectivity index (χ4n) is 3.12. The molecule has 0 aromatic heterocycles. The zero-order valence-electron chi connectivity index (χ0n) is 14.4. The molecule has 24 heavy (non-hydrogen) atoms. The van der Waals surface area contributed by atoms with Crippen LogP contribution in [0, 0.1) is 5.92 Å². The van der Waals surface area contributed by atoms with Gasteiger partial charge in [0.25, 0.3) is 0 Å². The van der Waals surface area contributed by atoms with Crippen molar-refractivity contribution in [2.75, 3.05) is 39.6 Å². The highest BCUT2D eigenvalue weighted by Gasteiger charge is 2.25. The van der Waals surface area contributed by atoms with Gasteiger partial charge in [0.15, 0.2) is 11.5 Å². The van der Waals surface area contributed by atoms with Crippen molar-refractivity contribution in [3.63, 3.8) is 0 Å². The van der Waals surface area contributed by atoms with Gasteiger partial charge in [-0.3, -0.25) is 9.69 Å². The van der Waals surface area contributed by atoms with Gasteiger partial charge in [-0.1, -0.05) is 19.9 Å². The van der Waals surface area contributed by atoms with Crippen LogP contribution in [0.4, 0.5) is 0 Å². The number of carbonyl (C=O) groups is 1. The van der Waals surface area contributed by atoms with Crippen LogP contribution in [-0.2, 0) is 9.53 Å². The summed E-state index contributed by atoms with van der Waals surface area (Å²) in [5, 5.41) is 3.08. The van der Waals surface area contributed by atoms with Crippen molar-refractivity contribution >= 4 is 5.91 Å². The summed E-state index contributed by atoms with van der Waals surface area (Å²) in [4.78, 5) is 14.4. The number of morpholine rings is 1. The molecule has 2 aliphatic rings. The molecular formula is C18H26N2O4. The van der Waals surface area contributed by atoms with E-state index >= 15 is 0 Å². The minimum absolute atomic E-state index is 0.101. The lowest BCUT2D eigenvalue weighted by Gasteiger charge is -2.35. The van der Waals surface area contributed by atoms with Gasteiger partial charge in [0.05, 0.1) is 19.3 Å². The second-order valence-electron chi connectivity index (χ2n) is 6.68. The summed E-state index contributed by atoms with van der Waals surface area (Å²) in [6, 6.07) is 6.14. The van der Waals surface area contributed by atoms with E-state index in [2.05, 4.69) is 30.1 Å². The van der Waals surface area contributed by atoms with Crippen molar-refractivity contribution < 1.29 is 19.0 Å². The summed E-state index contributed by atoms with van der Waals surface area (Å²) in [5.74, 6) is 2.02. The summed E-state index contributed by atoms with van der Waals surface area (Å²) in [6.07, 6.45) is 0.553. The maximum Gasteiger partial charge on any atom is 0.231 e. The van der Waals surface area contributed by atoms with Crippen LogP contribution in [0.3, 0.4) is 0 Å². The standard InChI is InChI=1S/C18H26N2O4/c1-13(2)9-18(21)19-11-15(20-5-7-22-8-6-20)14-3-4-16-17(10-14)24-12-23-16/h3-4,10,13,15H,5-9,11-12H2,1-2H3,(H,19,21)/t15-/m1/s1. The molecule has 0 radical (unpaired) electrons. The zero-order chi connectivity index (χ0) is 16.9. The fourth-order valence-corrected chi connectivity index (χ4v) is 3.12. The third-order valence-electron chi connectivity index (χ3n) is 4.35. The minimum Gasteiger partial charge on any atom is -0.454 e. The molecule has 0 bridgehead atoms. The molecule has 0 unspecified atom stereocenters. The number of nitrogens with zero attached hydrogens (tertiary/aromatic N) is 1. The molecule has 3 rings (SSSR count). The molecule has 0 aliphatic carbocycles. The van der Waals surface area contributed by atoms with Gasteiger partial charge >= 0.3 is 0 Å². The molecule has 2 heterocycles. The van der Waals surface area contributed by atoms with Gasteiger partial charge in [-0.2, -0.15) is 0 Å². The number of ether oxygens (including phenoxy) is 3. The number of nitrogens with one attached hydrogen (secondary N) is 1. The normalized spacial score (nSPS) is 18.6. The number of benzene rings is 1. The molecular weight excluding hydrogens is 308 g/mol. The third-order valence-corrected chi connectivity index (χ3v) is 4.35. The van der Waals surface area contributed by atoms with Gasteiger partial charge in [0.1, 0.15) is 0 Å². The van der Waals surface area contributed by atoms with Gasteiger partial charge < -0.3 is 19.5 Å². The summed E-state index contributed by atoms with van der Waals surface area (Å²) >= 11 is 0. The Morgan fingerprint density at radius 3 is 2.71 bits per heavy atom. The fraction of sp³-hybridized carbons (Fsp3) is 0.611. The van der Waals surface area contributed by atoms with E-state index in [9.17, 15) is 4.79 Å². The van der Waals surface area contributed by atoms with Gasteiger partial charge in [0, 0.05) is 26.1 Å². The summed E-state index contributed by atoms with van der Waals surface area (Å²) < 4.78 is 16.4. The number of carbonyl (C=O) groups excluding carboxylic acids is 1. The Hall–Kier alpha value is -1.79. The van der Waals surface area contributed by atoms with Crippen molar-refractivity contribution in [2.45, 2.75) is 26.3 Å². The maximum atomic E-state index is 12.1. The molecule has 0 spiro atoms. The van der Waals surface area contributed by atoms with E-state index in [4.69, 9.17) is 14.2 Å². The number of amides is 1. The van der Waals surface area contributed by atoms with Crippen LogP contribution in [0.2, 0.25) is 0 Å². The topological polar surface area (TPSA) is 60.0 Å². The molecule has 2 aliphatic heterocycles. The lowest BCUT2D eigenvalue weighted by Crippen LogP contribution is -2.43. The SMILES string of the molecule is CC(C)CC(=O)NC[C@H](c1ccc2c(c1)OCO2)N1CCOCC1. The molecule has 0 saturated carbocycles. The van der Waals surface area contributed by atoms with E-state index in [0.717, 1.165) is 43.4 Å². The summed E-state index contributed by atoms with van der Waals surface area (Å²) in [6.45, 7) is 8.13. The Bertz CT molecular complexity index is 570. The van der Waals surface area contributed by atoms with Crippen molar-refractivity contribution in [2.24, 2.45) is 5.92 Å². The van der Waals surface area contributed by atoms with E-state index in [1.54, 1.807) is 0 Å². The molecule has 1 saturated heterocycles. The number of rotatable bonds is 6. The molecule has 1 fully saturated rings. The molecule has 1 aromatic rings. The highest BCUT2D eigenvalue weighted by atomic mass is 16.7. The van der Waals surface area contributed by atoms with E-state index in [-0.39, 0.29) is 18.7 Å². The van der Waals surface area contributed by atoms with E-state index < -0.39 is 0 Å². The molecule has 1 amide bonds.